The van der Waals surface area contributed by atoms with E-state index in [-0.39, 0.29) is 18.7 Å². The fraction of sp³-hybridized carbons (Fsp3) is 0.211. The van der Waals surface area contributed by atoms with Crippen LogP contribution in [0.5, 0.6) is 0 Å². The molecule has 0 aliphatic heterocycles. The molecule has 0 spiro atoms. The van der Waals surface area contributed by atoms with E-state index in [1.807, 2.05) is 26.0 Å². The molecule has 8 heteroatoms. The minimum absolute atomic E-state index is 0.0357. The van der Waals surface area contributed by atoms with E-state index in [0.717, 1.165) is 16.1 Å². The molecule has 0 saturated carbocycles. The molecule has 0 bridgehead atoms. The van der Waals surface area contributed by atoms with Gasteiger partial charge in [0.1, 0.15) is 0 Å². The second-order valence-electron chi connectivity index (χ2n) is 6.03. The maximum atomic E-state index is 12.1. The van der Waals surface area contributed by atoms with Crippen molar-refractivity contribution >= 4 is 40.8 Å². The third-order valence-corrected chi connectivity index (χ3v) is 4.16. The predicted molar refractivity (Wildman–Crippen MR) is 105 cm³/mol. The first kappa shape index (κ1) is 20.3. The zero-order valence-electron chi connectivity index (χ0n) is 15.1. The zero-order valence-corrected chi connectivity index (χ0v) is 15.8. The van der Waals surface area contributed by atoms with Crippen molar-refractivity contribution in [3.8, 4) is 0 Å². The molecule has 7 nitrogen and oxygen atoms in total. The minimum atomic E-state index is -0.856. The molecule has 142 valence electrons. The van der Waals surface area contributed by atoms with Gasteiger partial charge in [0.05, 0.1) is 5.69 Å². The van der Waals surface area contributed by atoms with Crippen LogP contribution in [0.25, 0.3) is 0 Å². The number of carbonyl (C=O) groups excluding carboxylic acids is 3. The molecule has 0 aliphatic carbocycles. The van der Waals surface area contributed by atoms with Crippen LogP contribution in [0.4, 0.5) is 16.2 Å². The van der Waals surface area contributed by atoms with E-state index in [1.54, 1.807) is 30.3 Å². The maximum absolute atomic E-state index is 12.1. The summed E-state index contributed by atoms with van der Waals surface area (Å²) in [6.45, 7) is 3.93. The van der Waals surface area contributed by atoms with Crippen molar-refractivity contribution in [2.75, 3.05) is 10.3 Å². The number of amides is 4. The monoisotopic (exact) mass is 388 g/mol. The highest BCUT2D eigenvalue weighted by Gasteiger charge is 2.16. The molecule has 0 atom stereocenters. The Morgan fingerprint density at radius 1 is 0.963 bits per heavy atom. The molecule has 4 amide bonds. The average Bonchev–Trinajstić information content (AvgIpc) is 2.62. The number of hydrogen-bond donors (Lipinski definition) is 3. The van der Waals surface area contributed by atoms with Crippen LogP contribution in [-0.4, -0.2) is 17.8 Å². The van der Waals surface area contributed by atoms with Crippen LogP contribution < -0.4 is 21.5 Å². The van der Waals surface area contributed by atoms with E-state index >= 15 is 0 Å². The molecule has 0 aliphatic rings. The summed E-state index contributed by atoms with van der Waals surface area (Å²) in [5.74, 6) is -0.815. The van der Waals surface area contributed by atoms with Crippen molar-refractivity contribution in [3.05, 3.63) is 58.6 Å². The molecular weight excluding hydrogens is 368 g/mol. The summed E-state index contributed by atoms with van der Waals surface area (Å²) >= 11 is 5.80. The van der Waals surface area contributed by atoms with Gasteiger partial charge in [-0.05, 0) is 61.4 Å². The van der Waals surface area contributed by atoms with Crippen LogP contribution in [0.1, 0.15) is 24.0 Å². The van der Waals surface area contributed by atoms with Crippen LogP contribution in [0.2, 0.25) is 5.02 Å². The van der Waals surface area contributed by atoms with E-state index in [1.165, 1.54) is 0 Å². The molecule has 2 aromatic carbocycles. The van der Waals surface area contributed by atoms with Crippen molar-refractivity contribution in [1.29, 1.82) is 0 Å². The van der Waals surface area contributed by atoms with Crippen molar-refractivity contribution in [2.24, 2.45) is 5.73 Å². The number of primary amides is 1. The Bertz CT molecular complexity index is 853. The number of rotatable bonds is 5. The highest BCUT2D eigenvalue weighted by molar-refractivity contribution is 6.30. The van der Waals surface area contributed by atoms with Crippen molar-refractivity contribution < 1.29 is 14.4 Å². The molecule has 0 aromatic heterocycles. The lowest BCUT2D eigenvalue weighted by molar-refractivity contribution is -0.124. The normalized spacial score (nSPS) is 10.2. The molecule has 2 rings (SSSR count). The fourth-order valence-electron chi connectivity index (χ4n) is 2.29. The Morgan fingerprint density at radius 2 is 1.59 bits per heavy atom. The van der Waals surface area contributed by atoms with Gasteiger partial charge in [0.25, 0.3) is 0 Å². The molecule has 0 radical (unpaired) electrons. The third-order valence-electron chi connectivity index (χ3n) is 3.91. The molecule has 27 heavy (non-hydrogen) atoms. The van der Waals surface area contributed by atoms with Crippen LogP contribution in [0, 0.1) is 13.8 Å². The number of nitrogens with two attached hydrogens (primary N) is 1. The van der Waals surface area contributed by atoms with Gasteiger partial charge in [0.15, 0.2) is 0 Å². The smallest absolute Gasteiger partial charge is 0.338 e. The molecule has 4 N–H and O–H groups in total. The van der Waals surface area contributed by atoms with Crippen molar-refractivity contribution in [1.82, 2.24) is 5.43 Å². The topological polar surface area (TPSA) is 105 Å². The lowest BCUT2D eigenvalue weighted by atomic mass is 10.1. The van der Waals surface area contributed by atoms with Crippen LogP contribution >= 0.6 is 11.6 Å². The highest BCUT2D eigenvalue weighted by atomic mass is 35.5. The van der Waals surface area contributed by atoms with Crippen LogP contribution in [-0.2, 0) is 9.59 Å². The van der Waals surface area contributed by atoms with Gasteiger partial charge in [0.2, 0.25) is 11.8 Å². The summed E-state index contributed by atoms with van der Waals surface area (Å²) in [5, 5.41) is 4.13. The molecular formula is C19H21ClN4O3. The largest absolute Gasteiger partial charge is 0.350 e. The Morgan fingerprint density at radius 3 is 2.19 bits per heavy atom. The second kappa shape index (κ2) is 9.05. The number of nitrogens with one attached hydrogen (secondary N) is 2. The number of anilines is 2. The third kappa shape index (κ3) is 6.00. The molecule has 2 aromatic rings. The van der Waals surface area contributed by atoms with E-state index in [0.29, 0.717) is 16.4 Å². The molecule has 0 unspecified atom stereocenters. The molecule has 0 heterocycles. The number of benzene rings is 2. The van der Waals surface area contributed by atoms with E-state index in [2.05, 4.69) is 10.7 Å². The van der Waals surface area contributed by atoms with Gasteiger partial charge in [-0.2, -0.15) is 0 Å². The number of hydrazine groups is 1. The molecule has 0 saturated heterocycles. The summed E-state index contributed by atoms with van der Waals surface area (Å²) < 4.78 is 0. The van der Waals surface area contributed by atoms with E-state index in [4.69, 9.17) is 17.3 Å². The van der Waals surface area contributed by atoms with Crippen molar-refractivity contribution in [2.45, 2.75) is 26.7 Å². The Balaban J connectivity index is 1.89. The SMILES string of the molecule is Cc1ccc(NC(=O)CCC(=O)NN(C(N)=O)c2ccc(Cl)cc2)cc1C. The number of aryl methyl sites for hydroxylation is 2. The van der Waals surface area contributed by atoms with Gasteiger partial charge in [-0.3, -0.25) is 15.0 Å². The Labute approximate surface area is 162 Å². The summed E-state index contributed by atoms with van der Waals surface area (Å²) in [4.78, 5) is 35.7. The number of hydrogen-bond acceptors (Lipinski definition) is 3. The van der Waals surface area contributed by atoms with Gasteiger partial charge in [-0.25, -0.2) is 9.80 Å². The Hall–Kier alpha value is -3.06. The number of carbonyl (C=O) groups is 3. The fourth-order valence-corrected chi connectivity index (χ4v) is 2.41. The summed E-state index contributed by atoms with van der Waals surface area (Å²) in [6.07, 6.45) is -0.139. The predicted octanol–water partition coefficient (Wildman–Crippen LogP) is 3.29. The summed E-state index contributed by atoms with van der Waals surface area (Å²) in [7, 11) is 0. The quantitative estimate of drug-likeness (QED) is 0.684. The number of urea groups is 1. The van der Waals surface area contributed by atoms with E-state index in [9.17, 15) is 14.4 Å². The summed E-state index contributed by atoms with van der Waals surface area (Å²) in [6, 6.07) is 10.9. The van der Waals surface area contributed by atoms with Gasteiger partial charge < -0.3 is 11.1 Å². The Kier molecular flexibility index (Phi) is 6.79. The van der Waals surface area contributed by atoms with Gasteiger partial charge >= 0.3 is 6.03 Å². The first-order valence-corrected chi connectivity index (χ1v) is 8.66. The number of nitrogens with zero attached hydrogens (tertiary/aromatic N) is 1. The molecule has 0 fully saturated rings. The first-order chi connectivity index (χ1) is 12.8. The average molecular weight is 389 g/mol. The van der Waals surface area contributed by atoms with Crippen LogP contribution in [0.15, 0.2) is 42.5 Å². The van der Waals surface area contributed by atoms with E-state index < -0.39 is 11.9 Å². The minimum Gasteiger partial charge on any atom is -0.350 e. The standard InChI is InChI=1S/C19H21ClN4O3/c1-12-3-6-15(11-13(12)2)22-17(25)9-10-18(26)23-24(19(21)27)16-7-4-14(20)5-8-16/h3-8,11H,9-10H2,1-2H3,(H2,21,27)(H,22,25)(H,23,26). The lowest BCUT2D eigenvalue weighted by Crippen LogP contribution is -2.49. The second-order valence-corrected chi connectivity index (χ2v) is 6.47. The summed E-state index contributed by atoms with van der Waals surface area (Å²) in [5.41, 5.74) is 10.9. The zero-order chi connectivity index (χ0) is 20.0. The first-order valence-electron chi connectivity index (χ1n) is 8.28. The van der Waals surface area contributed by atoms with Gasteiger partial charge in [-0.15, -0.1) is 0 Å². The van der Waals surface area contributed by atoms with Crippen LogP contribution in [0.3, 0.4) is 0 Å². The maximum Gasteiger partial charge on any atom is 0.338 e. The van der Waals surface area contributed by atoms with Crippen molar-refractivity contribution in [3.63, 3.8) is 0 Å². The number of halogens is 1. The van der Waals surface area contributed by atoms with Gasteiger partial charge in [-0.1, -0.05) is 17.7 Å². The lowest BCUT2D eigenvalue weighted by Gasteiger charge is -2.21. The highest BCUT2D eigenvalue weighted by Crippen LogP contribution is 2.17. The van der Waals surface area contributed by atoms with Gasteiger partial charge in [0, 0.05) is 23.6 Å².